The number of carbonyl (C=O) groups is 2. The number of aryl methyl sites for hydroxylation is 3. The Kier molecular flexibility index (Phi) is 5.35. The van der Waals surface area contributed by atoms with Gasteiger partial charge >= 0.3 is 0 Å². The zero-order valence-electron chi connectivity index (χ0n) is 17.0. The summed E-state index contributed by atoms with van der Waals surface area (Å²) in [5, 5.41) is 7.23. The van der Waals surface area contributed by atoms with Crippen LogP contribution in [0.1, 0.15) is 44.1 Å². The third kappa shape index (κ3) is 4.10. The Bertz CT molecular complexity index is 1120. The van der Waals surface area contributed by atoms with Gasteiger partial charge in [-0.25, -0.2) is 4.39 Å². The number of aromatic nitrogens is 2. The quantitative estimate of drug-likeness (QED) is 0.714. The van der Waals surface area contributed by atoms with Gasteiger partial charge in [0.2, 0.25) is 0 Å². The van der Waals surface area contributed by atoms with Crippen molar-refractivity contribution in [3.05, 3.63) is 82.4 Å². The molecule has 2 amide bonds. The van der Waals surface area contributed by atoms with E-state index in [1.54, 1.807) is 21.7 Å². The van der Waals surface area contributed by atoms with Crippen LogP contribution in [-0.4, -0.2) is 33.0 Å². The number of carbonyl (C=O) groups excluding carboxylic acids is 2. The van der Waals surface area contributed by atoms with Gasteiger partial charge in [-0.3, -0.25) is 14.3 Å². The van der Waals surface area contributed by atoms with Crippen molar-refractivity contribution in [1.29, 1.82) is 0 Å². The van der Waals surface area contributed by atoms with E-state index in [1.807, 2.05) is 32.0 Å². The first kappa shape index (κ1) is 19.8. The molecule has 1 aromatic heterocycles. The lowest BCUT2D eigenvalue weighted by Gasteiger charge is -2.20. The van der Waals surface area contributed by atoms with Crippen LogP contribution in [-0.2, 0) is 13.1 Å². The molecule has 2 heterocycles. The van der Waals surface area contributed by atoms with Crippen molar-refractivity contribution < 1.29 is 14.0 Å². The molecule has 0 aliphatic carbocycles. The summed E-state index contributed by atoms with van der Waals surface area (Å²) in [6.07, 6.45) is 0.702. The Morgan fingerprint density at radius 3 is 2.73 bits per heavy atom. The topological polar surface area (TPSA) is 67.2 Å². The normalized spacial score (nSPS) is 13.7. The van der Waals surface area contributed by atoms with E-state index in [-0.39, 0.29) is 23.3 Å². The van der Waals surface area contributed by atoms with Crippen LogP contribution in [0, 0.1) is 19.7 Å². The molecule has 1 aliphatic heterocycles. The molecule has 0 saturated carbocycles. The first-order chi connectivity index (χ1) is 14.4. The Hall–Kier alpha value is -3.48. The van der Waals surface area contributed by atoms with E-state index in [1.165, 1.54) is 18.2 Å². The molecule has 0 bridgehead atoms. The van der Waals surface area contributed by atoms with E-state index in [0.29, 0.717) is 37.4 Å². The van der Waals surface area contributed by atoms with Gasteiger partial charge in [0.05, 0.1) is 0 Å². The monoisotopic (exact) mass is 406 g/mol. The molecule has 0 atom stereocenters. The Morgan fingerprint density at radius 1 is 1.13 bits per heavy atom. The summed E-state index contributed by atoms with van der Waals surface area (Å²) in [4.78, 5) is 27.4. The lowest BCUT2D eigenvalue weighted by atomic mass is 10.1. The molecule has 3 aromatic rings. The summed E-state index contributed by atoms with van der Waals surface area (Å²) in [6.45, 7) is 5.32. The van der Waals surface area contributed by atoms with Crippen molar-refractivity contribution >= 4 is 17.5 Å². The van der Waals surface area contributed by atoms with E-state index in [0.717, 1.165) is 16.7 Å². The first-order valence-electron chi connectivity index (χ1n) is 9.91. The third-order valence-corrected chi connectivity index (χ3v) is 5.21. The zero-order valence-corrected chi connectivity index (χ0v) is 17.0. The van der Waals surface area contributed by atoms with Crippen molar-refractivity contribution in [1.82, 2.24) is 14.7 Å². The van der Waals surface area contributed by atoms with Crippen LogP contribution in [0.15, 0.2) is 48.5 Å². The van der Waals surface area contributed by atoms with Crippen molar-refractivity contribution in [3.8, 4) is 0 Å². The van der Waals surface area contributed by atoms with Crippen molar-refractivity contribution in [3.63, 3.8) is 0 Å². The Labute approximate surface area is 174 Å². The number of hydrogen-bond acceptors (Lipinski definition) is 3. The summed E-state index contributed by atoms with van der Waals surface area (Å²) < 4.78 is 15.1. The largest absolute Gasteiger partial charge is 0.333 e. The van der Waals surface area contributed by atoms with E-state index >= 15 is 0 Å². The number of halogens is 1. The highest BCUT2D eigenvalue weighted by Gasteiger charge is 2.26. The predicted molar refractivity (Wildman–Crippen MR) is 112 cm³/mol. The average molecular weight is 406 g/mol. The Morgan fingerprint density at radius 2 is 1.97 bits per heavy atom. The molecule has 0 fully saturated rings. The maximum Gasteiger partial charge on any atom is 0.276 e. The van der Waals surface area contributed by atoms with Crippen LogP contribution in [0.4, 0.5) is 10.1 Å². The van der Waals surface area contributed by atoms with Gasteiger partial charge in [-0.1, -0.05) is 29.8 Å². The number of amides is 2. The van der Waals surface area contributed by atoms with Gasteiger partial charge in [0.15, 0.2) is 5.69 Å². The van der Waals surface area contributed by atoms with E-state index in [4.69, 9.17) is 0 Å². The lowest BCUT2D eigenvalue weighted by molar-refractivity contribution is 0.0745. The maximum atomic E-state index is 13.5. The smallest absolute Gasteiger partial charge is 0.276 e. The molecule has 0 saturated heterocycles. The molecule has 6 nitrogen and oxygen atoms in total. The molecule has 1 aliphatic rings. The lowest BCUT2D eigenvalue weighted by Crippen LogP contribution is -2.30. The molecule has 0 radical (unpaired) electrons. The fraction of sp³-hybridized carbons (Fsp3) is 0.261. The number of hydrogen-bond donors (Lipinski definition) is 1. The Balaban J connectivity index is 1.54. The molecule has 4 rings (SSSR count). The van der Waals surface area contributed by atoms with Gasteiger partial charge in [0.1, 0.15) is 11.5 Å². The molecule has 7 heteroatoms. The SMILES string of the molecule is Cc1ccc(NC(=O)c2cc3n(n2)CCCN(Cc2cccc(F)c2)C3=O)c(C)c1. The van der Waals surface area contributed by atoms with E-state index in [9.17, 15) is 14.0 Å². The minimum atomic E-state index is -0.355. The summed E-state index contributed by atoms with van der Waals surface area (Å²) in [7, 11) is 0. The van der Waals surface area contributed by atoms with Gasteiger partial charge in [-0.2, -0.15) is 5.10 Å². The highest BCUT2D eigenvalue weighted by Crippen LogP contribution is 2.20. The second-order valence-electron chi connectivity index (χ2n) is 7.62. The summed E-state index contributed by atoms with van der Waals surface area (Å²) >= 11 is 0. The fourth-order valence-corrected chi connectivity index (χ4v) is 3.69. The van der Waals surface area contributed by atoms with E-state index in [2.05, 4.69) is 10.4 Å². The fourth-order valence-electron chi connectivity index (χ4n) is 3.69. The standard InChI is InChI=1S/C23H23FN4O2/c1-15-7-8-19(16(2)11-15)25-22(29)20-13-21-23(30)27(9-4-10-28(21)26-20)14-17-5-3-6-18(24)12-17/h3,5-8,11-13H,4,9-10,14H2,1-2H3,(H,25,29). The third-order valence-electron chi connectivity index (χ3n) is 5.21. The molecular formula is C23H23FN4O2. The van der Waals surface area contributed by atoms with Gasteiger partial charge in [-0.05, 0) is 49.6 Å². The number of fused-ring (bicyclic) bond motifs is 1. The number of nitrogens with zero attached hydrogens (tertiary/aromatic N) is 3. The minimum Gasteiger partial charge on any atom is -0.333 e. The molecule has 154 valence electrons. The summed E-state index contributed by atoms with van der Waals surface area (Å²) in [5.41, 5.74) is 4.09. The maximum absolute atomic E-state index is 13.5. The number of nitrogens with one attached hydrogen (secondary N) is 1. The predicted octanol–water partition coefficient (Wildman–Crippen LogP) is 3.94. The molecule has 30 heavy (non-hydrogen) atoms. The van der Waals surface area contributed by atoms with Crippen LogP contribution in [0.2, 0.25) is 0 Å². The first-order valence-corrected chi connectivity index (χ1v) is 9.91. The summed E-state index contributed by atoms with van der Waals surface area (Å²) in [6, 6.07) is 13.5. The van der Waals surface area contributed by atoms with E-state index < -0.39 is 0 Å². The van der Waals surface area contributed by atoms with Crippen molar-refractivity contribution in [2.24, 2.45) is 0 Å². The van der Waals surface area contributed by atoms with Crippen molar-refractivity contribution in [2.45, 2.75) is 33.4 Å². The van der Waals surface area contributed by atoms with Crippen LogP contribution in [0.5, 0.6) is 0 Å². The van der Waals surface area contributed by atoms with Gasteiger partial charge < -0.3 is 10.2 Å². The number of benzene rings is 2. The number of anilines is 1. The number of rotatable bonds is 4. The zero-order chi connectivity index (χ0) is 21.3. The average Bonchev–Trinajstić information content (AvgIpc) is 3.07. The highest BCUT2D eigenvalue weighted by atomic mass is 19.1. The van der Waals surface area contributed by atoms with Gasteiger partial charge in [0, 0.05) is 31.4 Å². The molecule has 2 aromatic carbocycles. The van der Waals surface area contributed by atoms with Crippen molar-refractivity contribution in [2.75, 3.05) is 11.9 Å². The van der Waals surface area contributed by atoms with Gasteiger partial charge in [-0.15, -0.1) is 0 Å². The minimum absolute atomic E-state index is 0.200. The van der Waals surface area contributed by atoms with Crippen LogP contribution < -0.4 is 5.32 Å². The molecule has 1 N–H and O–H groups in total. The second-order valence-corrected chi connectivity index (χ2v) is 7.62. The van der Waals surface area contributed by atoms with Crippen LogP contribution in [0.3, 0.4) is 0 Å². The highest BCUT2D eigenvalue weighted by molar-refractivity contribution is 6.05. The second kappa shape index (κ2) is 8.10. The van der Waals surface area contributed by atoms with Crippen LogP contribution >= 0.6 is 0 Å². The molecule has 0 spiro atoms. The van der Waals surface area contributed by atoms with Crippen LogP contribution in [0.25, 0.3) is 0 Å². The van der Waals surface area contributed by atoms with Gasteiger partial charge in [0.25, 0.3) is 11.8 Å². The molecule has 0 unspecified atom stereocenters. The summed E-state index contributed by atoms with van der Waals surface area (Å²) in [5.74, 6) is -0.896. The molecular weight excluding hydrogens is 383 g/mol.